The summed E-state index contributed by atoms with van der Waals surface area (Å²) in [6.07, 6.45) is 4.81. The monoisotopic (exact) mass is 495 g/mol. The van der Waals surface area contributed by atoms with E-state index in [0.29, 0.717) is 45.0 Å². The van der Waals surface area contributed by atoms with Gasteiger partial charge in [-0.3, -0.25) is 9.36 Å². The summed E-state index contributed by atoms with van der Waals surface area (Å²) in [5.41, 5.74) is 3.18. The molecule has 184 valence electrons. The highest BCUT2D eigenvalue weighted by atomic mass is 19.1. The predicted octanol–water partition coefficient (Wildman–Crippen LogP) is 4.75. The van der Waals surface area contributed by atoms with E-state index in [4.69, 9.17) is 5.10 Å². The highest BCUT2D eigenvalue weighted by molar-refractivity contribution is 6.02. The van der Waals surface area contributed by atoms with E-state index in [2.05, 4.69) is 20.3 Å². The van der Waals surface area contributed by atoms with E-state index in [1.807, 2.05) is 50.2 Å². The number of nitrogens with zero attached hydrogens (tertiary/aromatic N) is 5. The molecule has 0 aliphatic rings. The lowest BCUT2D eigenvalue weighted by Crippen LogP contribution is -2.29. The van der Waals surface area contributed by atoms with Gasteiger partial charge < -0.3 is 15.4 Å². The fourth-order valence-corrected chi connectivity index (χ4v) is 4.63. The number of nitrogens with one attached hydrogen (secondary N) is 2. The van der Waals surface area contributed by atoms with Gasteiger partial charge in [0.2, 0.25) is 0 Å². The third-order valence-electron chi connectivity index (χ3n) is 6.42. The van der Waals surface area contributed by atoms with Crippen LogP contribution in [0.3, 0.4) is 0 Å². The highest BCUT2D eigenvalue weighted by Gasteiger charge is 2.22. The summed E-state index contributed by atoms with van der Waals surface area (Å²) >= 11 is 0. The van der Waals surface area contributed by atoms with E-state index in [1.165, 1.54) is 18.5 Å². The van der Waals surface area contributed by atoms with Gasteiger partial charge >= 0.3 is 0 Å². The van der Waals surface area contributed by atoms with Crippen molar-refractivity contribution in [1.29, 1.82) is 0 Å². The number of aromatic nitrogens is 6. The zero-order valence-electron chi connectivity index (χ0n) is 20.0. The molecule has 0 spiro atoms. The number of phenolic OH excluding ortho intramolecular Hbond substituents is 1. The van der Waals surface area contributed by atoms with Gasteiger partial charge in [0, 0.05) is 23.5 Å². The zero-order valence-corrected chi connectivity index (χ0v) is 20.0. The number of hydrogen-bond donors (Lipinski definition) is 3. The Labute approximate surface area is 209 Å². The normalized spacial score (nSPS) is 12.3. The Bertz CT molecular complexity index is 1840. The number of para-hydroxylation sites is 2. The third kappa shape index (κ3) is 3.61. The third-order valence-corrected chi connectivity index (χ3v) is 6.42. The van der Waals surface area contributed by atoms with Crippen molar-refractivity contribution in [2.45, 2.75) is 19.9 Å². The fourth-order valence-electron chi connectivity index (χ4n) is 4.63. The second kappa shape index (κ2) is 8.59. The van der Waals surface area contributed by atoms with Gasteiger partial charge in [0.1, 0.15) is 23.3 Å². The number of aryl methyl sites for hydroxylation is 1. The molecule has 3 N–H and O–H groups in total. The summed E-state index contributed by atoms with van der Waals surface area (Å²) in [6, 6.07) is 15.0. The minimum Gasteiger partial charge on any atom is -0.504 e. The van der Waals surface area contributed by atoms with E-state index >= 15 is 0 Å². The standard InChI is InChI=1S/C27H22FN7O2/c1-15-11-12-34-22(15)27(37)35(17-7-4-3-5-8-17)26(33-34)16(2)32-25-21-19(13-29-24(21)30-14-31-25)18-9-6-10-20(28)23(18)36/h3-14,16,36H,1-2H3,(H2,29,30,31,32). The molecule has 37 heavy (non-hydrogen) atoms. The molecule has 4 aromatic heterocycles. The minimum absolute atomic E-state index is 0.188. The molecule has 0 aliphatic carbocycles. The predicted molar refractivity (Wildman–Crippen MR) is 139 cm³/mol. The molecule has 2 aromatic carbocycles. The quantitative estimate of drug-likeness (QED) is 0.318. The average molecular weight is 496 g/mol. The summed E-state index contributed by atoms with van der Waals surface area (Å²) < 4.78 is 17.3. The van der Waals surface area contributed by atoms with Crippen molar-refractivity contribution >= 4 is 22.4 Å². The van der Waals surface area contributed by atoms with Crippen molar-refractivity contribution in [3.05, 3.63) is 101 Å². The van der Waals surface area contributed by atoms with Crippen molar-refractivity contribution in [3.63, 3.8) is 0 Å². The molecule has 9 nitrogen and oxygen atoms in total. The van der Waals surface area contributed by atoms with Crippen LogP contribution in [0.25, 0.3) is 33.4 Å². The molecule has 1 unspecified atom stereocenters. The Hall–Kier alpha value is -4.99. The lowest BCUT2D eigenvalue weighted by molar-refractivity contribution is 0.434. The van der Waals surface area contributed by atoms with Crippen LogP contribution in [0.4, 0.5) is 10.2 Å². The molecule has 4 heterocycles. The number of H-pyrrole nitrogens is 1. The molecular weight excluding hydrogens is 473 g/mol. The molecule has 0 amide bonds. The maximum Gasteiger partial charge on any atom is 0.282 e. The second-order valence-corrected chi connectivity index (χ2v) is 8.78. The Kier molecular flexibility index (Phi) is 5.22. The summed E-state index contributed by atoms with van der Waals surface area (Å²) in [5, 5.41) is 19.1. The topological polar surface area (TPSA) is 113 Å². The molecule has 6 rings (SSSR count). The van der Waals surface area contributed by atoms with E-state index in [0.717, 1.165) is 5.56 Å². The summed E-state index contributed by atoms with van der Waals surface area (Å²) in [5.74, 6) is -0.274. The first-order valence-corrected chi connectivity index (χ1v) is 11.7. The smallest absolute Gasteiger partial charge is 0.282 e. The molecule has 0 saturated heterocycles. The molecule has 6 aromatic rings. The van der Waals surface area contributed by atoms with Crippen molar-refractivity contribution in [3.8, 4) is 22.6 Å². The van der Waals surface area contributed by atoms with Crippen LogP contribution in [0.2, 0.25) is 0 Å². The van der Waals surface area contributed by atoms with Crippen molar-refractivity contribution < 1.29 is 9.50 Å². The Morgan fingerprint density at radius 1 is 1.05 bits per heavy atom. The number of aromatic amines is 1. The van der Waals surface area contributed by atoms with E-state index in [9.17, 15) is 14.3 Å². The van der Waals surface area contributed by atoms with Crippen LogP contribution in [0.1, 0.15) is 24.4 Å². The van der Waals surface area contributed by atoms with Gasteiger partial charge in [0.25, 0.3) is 5.56 Å². The zero-order chi connectivity index (χ0) is 25.7. The van der Waals surface area contributed by atoms with Crippen molar-refractivity contribution in [2.75, 3.05) is 5.32 Å². The van der Waals surface area contributed by atoms with E-state index < -0.39 is 17.6 Å². The first-order chi connectivity index (χ1) is 17.9. The first kappa shape index (κ1) is 22.5. The fraction of sp³-hybridized carbons (Fsp3) is 0.111. The van der Waals surface area contributed by atoms with Gasteiger partial charge in [-0.1, -0.05) is 30.3 Å². The van der Waals surface area contributed by atoms with Crippen LogP contribution in [0.5, 0.6) is 5.75 Å². The van der Waals surface area contributed by atoms with Crippen LogP contribution in [-0.2, 0) is 0 Å². The molecule has 1 atom stereocenters. The molecule has 0 bridgehead atoms. The van der Waals surface area contributed by atoms with Crippen LogP contribution >= 0.6 is 0 Å². The molecule has 0 aliphatic heterocycles. The first-order valence-electron chi connectivity index (χ1n) is 11.7. The minimum atomic E-state index is -0.724. The van der Waals surface area contributed by atoms with E-state index in [-0.39, 0.29) is 5.56 Å². The van der Waals surface area contributed by atoms with Gasteiger partial charge in [0.05, 0.1) is 17.1 Å². The number of rotatable bonds is 5. The van der Waals surface area contributed by atoms with Gasteiger partial charge in [-0.05, 0) is 43.7 Å². The summed E-state index contributed by atoms with van der Waals surface area (Å²) in [4.78, 5) is 25.4. The SMILES string of the molecule is Cc1ccn2nc(C(C)Nc3ncnc4[nH]cc(-c5cccc(F)c5O)c34)n(-c3ccccc3)c(=O)c12. The van der Waals surface area contributed by atoms with Gasteiger partial charge in [0.15, 0.2) is 17.4 Å². The van der Waals surface area contributed by atoms with Gasteiger partial charge in [-0.2, -0.15) is 5.10 Å². The molecule has 0 saturated carbocycles. The Morgan fingerprint density at radius 2 is 1.86 bits per heavy atom. The lowest BCUT2D eigenvalue weighted by Gasteiger charge is -2.20. The van der Waals surface area contributed by atoms with Crippen molar-refractivity contribution in [1.82, 2.24) is 29.1 Å². The van der Waals surface area contributed by atoms with Gasteiger partial charge in [-0.25, -0.2) is 18.9 Å². The summed E-state index contributed by atoms with van der Waals surface area (Å²) in [7, 11) is 0. The van der Waals surface area contributed by atoms with Crippen molar-refractivity contribution in [2.24, 2.45) is 0 Å². The number of benzene rings is 2. The number of hydrogen-bond acceptors (Lipinski definition) is 6. The van der Waals surface area contributed by atoms with Gasteiger partial charge in [-0.15, -0.1) is 0 Å². The maximum absolute atomic E-state index is 14.1. The Morgan fingerprint density at radius 3 is 2.68 bits per heavy atom. The lowest BCUT2D eigenvalue weighted by atomic mass is 10.0. The highest BCUT2D eigenvalue weighted by Crippen LogP contribution is 2.38. The number of aromatic hydroxyl groups is 1. The second-order valence-electron chi connectivity index (χ2n) is 8.78. The molecule has 10 heteroatoms. The number of fused-ring (bicyclic) bond motifs is 2. The molecular formula is C27H22FN7O2. The number of halogens is 1. The molecule has 0 radical (unpaired) electrons. The van der Waals surface area contributed by atoms with Crippen LogP contribution in [-0.4, -0.2) is 34.2 Å². The van der Waals surface area contributed by atoms with Crippen LogP contribution in [0, 0.1) is 12.7 Å². The summed E-state index contributed by atoms with van der Waals surface area (Å²) in [6.45, 7) is 3.76. The Balaban J connectivity index is 1.51. The van der Waals surface area contributed by atoms with Crippen LogP contribution in [0.15, 0.2) is 78.1 Å². The average Bonchev–Trinajstić information content (AvgIpc) is 3.50. The van der Waals surface area contributed by atoms with E-state index in [1.54, 1.807) is 27.5 Å². The maximum atomic E-state index is 14.1. The largest absolute Gasteiger partial charge is 0.504 e. The van der Waals surface area contributed by atoms with Crippen LogP contribution < -0.4 is 10.9 Å². The molecule has 0 fully saturated rings. The number of phenols is 1. The number of anilines is 1.